The van der Waals surface area contributed by atoms with Crippen LogP contribution in [-0.2, 0) is 9.53 Å². The molecule has 0 spiro atoms. The number of hydrogen-bond acceptors (Lipinski definition) is 4. The molecule has 0 aliphatic rings. The molecule has 17 heavy (non-hydrogen) atoms. The second-order valence-corrected chi connectivity index (χ2v) is 3.05. The molecule has 0 fully saturated rings. The molecule has 0 saturated heterocycles. The van der Waals surface area contributed by atoms with Crippen LogP contribution in [0.4, 0.5) is 0 Å². The van der Waals surface area contributed by atoms with E-state index in [4.69, 9.17) is 14.6 Å². The summed E-state index contributed by atoms with van der Waals surface area (Å²) in [6.45, 7) is 3.49. The standard InChI is InChI=1S/C12H12O5/c1-2-11(13)17-7-6-16-10-5-3-4-9(8-10)12(14)15/h2-5,8H,1,6-7H2,(H,14,15). The zero-order valence-electron chi connectivity index (χ0n) is 9.09. The van der Waals surface area contributed by atoms with Gasteiger partial charge in [-0.1, -0.05) is 12.6 Å². The van der Waals surface area contributed by atoms with Gasteiger partial charge in [-0.3, -0.25) is 0 Å². The molecule has 0 amide bonds. The van der Waals surface area contributed by atoms with E-state index in [1.54, 1.807) is 12.1 Å². The van der Waals surface area contributed by atoms with Gasteiger partial charge in [0.25, 0.3) is 0 Å². The summed E-state index contributed by atoms with van der Waals surface area (Å²) in [6.07, 6.45) is 1.06. The number of carbonyl (C=O) groups is 2. The van der Waals surface area contributed by atoms with Crippen molar-refractivity contribution in [2.45, 2.75) is 0 Å². The molecule has 90 valence electrons. The lowest BCUT2D eigenvalue weighted by Gasteiger charge is -2.06. The van der Waals surface area contributed by atoms with E-state index in [1.165, 1.54) is 12.1 Å². The highest BCUT2D eigenvalue weighted by Gasteiger charge is 2.03. The molecule has 0 aliphatic carbocycles. The molecule has 0 atom stereocenters. The van der Waals surface area contributed by atoms with Crippen LogP contribution in [0.25, 0.3) is 0 Å². The van der Waals surface area contributed by atoms with Crippen LogP contribution in [0.2, 0.25) is 0 Å². The fourth-order valence-corrected chi connectivity index (χ4v) is 1.08. The van der Waals surface area contributed by atoms with E-state index >= 15 is 0 Å². The van der Waals surface area contributed by atoms with Crippen molar-refractivity contribution in [3.05, 3.63) is 42.5 Å². The van der Waals surface area contributed by atoms with Gasteiger partial charge in [0.15, 0.2) is 0 Å². The lowest BCUT2D eigenvalue weighted by molar-refractivity contribution is -0.138. The highest BCUT2D eigenvalue weighted by atomic mass is 16.6. The van der Waals surface area contributed by atoms with E-state index in [9.17, 15) is 9.59 Å². The number of carboxylic acids is 1. The van der Waals surface area contributed by atoms with Gasteiger partial charge in [0, 0.05) is 6.08 Å². The third kappa shape index (κ3) is 4.38. The summed E-state index contributed by atoms with van der Waals surface area (Å²) in [7, 11) is 0. The summed E-state index contributed by atoms with van der Waals surface area (Å²) in [6, 6.07) is 6.07. The zero-order chi connectivity index (χ0) is 12.7. The summed E-state index contributed by atoms with van der Waals surface area (Å²) in [5.74, 6) is -1.12. The van der Waals surface area contributed by atoms with Crippen LogP contribution in [0.3, 0.4) is 0 Å². The summed E-state index contributed by atoms with van der Waals surface area (Å²) < 4.78 is 9.91. The molecule has 1 N–H and O–H groups in total. The molecule has 0 unspecified atom stereocenters. The topological polar surface area (TPSA) is 72.8 Å². The van der Waals surface area contributed by atoms with Crippen molar-refractivity contribution in [1.29, 1.82) is 0 Å². The molecule has 5 nitrogen and oxygen atoms in total. The Morgan fingerprint density at radius 2 is 2.12 bits per heavy atom. The van der Waals surface area contributed by atoms with Crippen LogP contribution in [0.15, 0.2) is 36.9 Å². The second kappa shape index (κ2) is 6.32. The summed E-state index contributed by atoms with van der Waals surface area (Å²) in [4.78, 5) is 21.4. The highest BCUT2D eigenvalue weighted by Crippen LogP contribution is 2.13. The van der Waals surface area contributed by atoms with E-state index < -0.39 is 11.9 Å². The highest BCUT2D eigenvalue weighted by molar-refractivity contribution is 5.88. The Kier molecular flexibility index (Phi) is 4.75. The summed E-state index contributed by atoms with van der Waals surface area (Å²) in [5.41, 5.74) is 0.144. The molecule has 0 aliphatic heterocycles. The van der Waals surface area contributed by atoms with Gasteiger partial charge in [0.05, 0.1) is 5.56 Å². The van der Waals surface area contributed by atoms with Crippen molar-refractivity contribution >= 4 is 11.9 Å². The van der Waals surface area contributed by atoms with Crippen molar-refractivity contribution < 1.29 is 24.2 Å². The maximum atomic E-state index is 10.7. The minimum absolute atomic E-state index is 0.0855. The van der Waals surface area contributed by atoms with E-state index in [2.05, 4.69) is 6.58 Å². The van der Waals surface area contributed by atoms with Crippen LogP contribution < -0.4 is 4.74 Å². The zero-order valence-corrected chi connectivity index (χ0v) is 9.09. The Labute approximate surface area is 98.3 Å². The molecule has 0 heterocycles. The number of aromatic carboxylic acids is 1. The first-order valence-electron chi connectivity index (χ1n) is 4.89. The van der Waals surface area contributed by atoms with E-state index in [0.717, 1.165) is 6.08 Å². The second-order valence-electron chi connectivity index (χ2n) is 3.05. The fraction of sp³-hybridized carbons (Fsp3) is 0.167. The van der Waals surface area contributed by atoms with Gasteiger partial charge in [-0.2, -0.15) is 0 Å². The summed E-state index contributed by atoms with van der Waals surface area (Å²) in [5, 5.41) is 8.75. The third-order valence-electron chi connectivity index (χ3n) is 1.84. The Morgan fingerprint density at radius 3 is 2.76 bits per heavy atom. The first-order chi connectivity index (χ1) is 8.13. The van der Waals surface area contributed by atoms with Gasteiger partial charge in [-0.05, 0) is 18.2 Å². The van der Waals surface area contributed by atoms with Crippen molar-refractivity contribution in [1.82, 2.24) is 0 Å². The number of benzene rings is 1. The van der Waals surface area contributed by atoms with Crippen LogP contribution >= 0.6 is 0 Å². The molecule has 1 aromatic rings. The molecule has 0 saturated carbocycles. The monoisotopic (exact) mass is 236 g/mol. The first kappa shape index (κ1) is 12.8. The number of carboxylic acid groups (broad SMARTS) is 1. The third-order valence-corrected chi connectivity index (χ3v) is 1.84. The maximum Gasteiger partial charge on any atom is 0.335 e. The van der Waals surface area contributed by atoms with Crippen molar-refractivity contribution in [3.63, 3.8) is 0 Å². The molecule has 0 radical (unpaired) electrons. The molecular formula is C12H12O5. The minimum Gasteiger partial charge on any atom is -0.490 e. The lowest BCUT2D eigenvalue weighted by atomic mass is 10.2. The number of carbonyl (C=O) groups excluding carboxylic acids is 1. The largest absolute Gasteiger partial charge is 0.490 e. The van der Waals surface area contributed by atoms with Crippen LogP contribution in [0.5, 0.6) is 5.75 Å². The number of ether oxygens (including phenoxy) is 2. The predicted octanol–water partition coefficient (Wildman–Crippen LogP) is 1.49. The number of hydrogen-bond donors (Lipinski definition) is 1. The fourth-order valence-electron chi connectivity index (χ4n) is 1.08. The average molecular weight is 236 g/mol. The molecule has 0 bridgehead atoms. The lowest BCUT2D eigenvalue weighted by Crippen LogP contribution is -2.10. The van der Waals surface area contributed by atoms with Crippen molar-refractivity contribution in [2.75, 3.05) is 13.2 Å². The minimum atomic E-state index is -1.02. The normalized spacial score (nSPS) is 9.41. The van der Waals surface area contributed by atoms with Crippen LogP contribution in [0.1, 0.15) is 10.4 Å². The van der Waals surface area contributed by atoms with Gasteiger partial charge >= 0.3 is 11.9 Å². The molecule has 1 aromatic carbocycles. The Balaban J connectivity index is 2.41. The average Bonchev–Trinajstić information content (AvgIpc) is 2.34. The van der Waals surface area contributed by atoms with Gasteiger partial charge in [-0.15, -0.1) is 0 Å². The Morgan fingerprint density at radius 1 is 1.35 bits per heavy atom. The van der Waals surface area contributed by atoms with Crippen molar-refractivity contribution in [2.24, 2.45) is 0 Å². The van der Waals surface area contributed by atoms with E-state index in [0.29, 0.717) is 5.75 Å². The van der Waals surface area contributed by atoms with Gasteiger partial charge in [0.1, 0.15) is 19.0 Å². The van der Waals surface area contributed by atoms with Crippen LogP contribution in [-0.4, -0.2) is 30.3 Å². The predicted molar refractivity (Wildman–Crippen MR) is 60.1 cm³/mol. The van der Waals surface area contributed by atoms with E-state index in [-0.39, 0.29) is 18.8 Å². The van der Waals surface area contributed by atoms with Crippen LogP contribution in [0, 0.1) is 0 Å². The van der Waals surface area contributed by atoms with Gasteiger partial charge < -0.3 is 14.6 Å². The number of rotatable bonds is 6. The molecular weight excluding hydrogens is 224 g/mol. The first-order valence-corrected chi connectivity index (χ1v) is 4.89. The van der Waals surface area contributed by atoms with Gasteiger partial charge in [0.2, 0.25) is 0 Å². The quantitative estimate of drug-likeness (QED) is 0.460. The van der Waals surface area contributed by atoms with Crippen molar-refractivity contribution in [3.8, 4) is 5.75 Å². The number of esters is 1. The summed E-state index contributed by atoms with van der Waals surface area (Å²) >= 11 is 0. The maximum absolute atomic E-state index is 10.7. The molecule has 5 heteroatoms. The Hall–Kier alpha value is -2.30. The SMILES string of the molecule is C=CC(=O)OCCOc1cccc(C(=O)O)c1. The van der Waals surface area contributed by atoms with Gasteiger partial charge in [-0.25, -0.2) is 9.59 Å². The van der Waals surface area contributed by atoms with E-state index in [1.807, 2.05) is 0 Å². The Bertz CT molecular complexity index is 425. The molecule has 1 rings (SSSR count). The molecule has 0 aromatic heterocycles. The smallest absolute Gasteiger partial charge is 0.335 e.